The lowest BCUT2D eigenvalue weighted by atomic mass is 10.2. The van der Waals surface area contributed by atoms with E-state index in [0.29, 0.717) is 26.2 Å². The lowest BCUT2D eigenvalue weighted by Crippen LogP contribution is -2.51. The number of hydrogen-bond acceptors (Lipinski definition) is 4. The molecule has 0 radical (unpaired) electrons. The first-order chi connectivity index (χ1) is 8.47. The molecule has 6 heteroatoms. The second-order valence-corrected chi connectivity index (χ2v) is 6.65. The SMILES string of the molecule is Cc1cccc(CS(=O)(=O)N2CCN(N)CC2)c1. The first-order valence-electron chi connectivity index (χ1n) is 6.00. The molecule has 0 aliphatic carbocycles. The van der Waals surface area contributed by atoms with Crippen molar-refractivity contribution in [2.24, 2.45) is 5.84 Å². The van der Waals surface area contributed by atoms with Gasteiger partial charge in [-0.1, -0.05) is 29.8 Å². The van der Waals surface area contributed by atoms with Gasteiger partial charge in [0.2, 0.25) is 10.0 Å². The van der Waals surface area contributed by atoms with Crippen molar-refractivity contribution in [3.05, 3.63) is 35.4 Å². The minimum absolute atomic E-state index is 0.0687. The van der Waals surface area contributed by atoms with Crippen LogP contribution in [0.25, 0.3) is 0 Å². The van der Waals surface area contributed by atoms with Crippen molar-refractivity contribution < 1.29 is 8.42 Å². The third-order valence-corrected chi connectivity index (χ3v) is 4.95. The number of hydrazine groups is 1. The molecule has 2 rings (SSSR count). The molecule has 0 amide bonds. The van der Waals surface area contributed by atoms with Gasteiger partial charge in [-0.05, 0) is 12.5 Å². The molecule has 0 atom stereocenters. The van der Waals surface area contributed by atoms with Crippen LogP contribution in [-0.2, 0) is 15.8 Å². The number of nitrogens with zero attached hydrogens (tertiary/aromatic N) is 2. The maximum atomic E-state index is 12.2. The van der Waals surface area contributed by atoms with Gasteiger partial charge in [-0.3, -0.25) is 5.84 Å². The van der Waals surface area contributed by atoms with Crippen LogP contribution in [0.15, 0.2) is 24.3 Å². The first-order valence-corrected chi connectivity index (χ1v) is 7.61. The van der Waals surface area contributed by atoms with Crippen LogP contribution < -0.4 is 5.84 Å². The Kier molecular flexibility index (Phi) is 4.01. The number of nitrogens with two attached hydrogens (primary N) is 1. The van der Waals surface area contributed by atoms with Gasteiger partial charge in [-0.2, -0.15) is 4.31 Å². The van der Waals surface area contributed by atoms with Crippen molar-refractivity contribution in [3.8, 4) is 0 Å². The molecule has 0 spiro atoms. The van der Waals surface area contributed by atoms with Crippen LogP contribution in [-0.4, -0.2) is 43.9 Å². The van der Waals surface area contributed by atoms with Crippen LogP contribution in [0.5, 0.6) is 0 Å². The van der Waals surface area contributed by atoms with E-state index in [0.717, 1.165) is 11.1 Å². The molecule has 5 nitrogen and oxygen atoms in total. The second kappa shape index (κ2) is 5.36. The van der Waals surface area contributed by atoms with E-state index in [9.17, 15) is 8.42 Å². The summed E-state index contributed by atoms with van der Waals surface area (Å²) in [6.07, 6.45) is 0. The molecule has 1 aliphatic heterocycles. The molecule has 0 unspecified atom stereocenters. The third-order valence-electron chi connectivity index (χ3n) is 3.10. The number of aryl methyl sites for hydroxylation is 1. The summed E-state index contributed by atoms with van der Waals surface area (Å²) in [4.78, 5) is 0. The van der Waals surface area contributed by atoms with Gasteiger partial charge in [-0.25, -0.2) is 13.4 Å². The van der Waals surface area contributed by atoms with E-state index >= 15 is 0 Å². The second-order valence-electron chi connectivity index (χ2n) is 4.68. The van der Waals surface area contributed by atoms with Crippen molar-refractivity contribution in [3.63, 3.8) is 0 Å². The number of benzene rings is 1. The van der Waals surface area contributed by atoms with E-state index in [1.165, 1.54) is 4.31 Å². The predicted octanol–water partition coefficient (Wildman–Crippen LogP) is 0.316. The van der Waals surface area contributed by atoms with Crippen molar-refractivity contribution in [1.29, 1.82) is 0 Å². The standard InChI is InChI=1S/C12H19N3O2S/c1-11-3-2-4-12(9-11)10-18(16,17)15-7-5-14(13)6-8-15/h2-4,9H,5-8,10,13H2,1H3. The summed E-state index contributed by atoms with van der Waals surface area (Å²) < 4.78 is 26.0. The van der Waals surface area contributed by atoms with Crippen molar-refractivity contribution in [1.82, 2.24) is 9.31 Å². The average Bonchev–Trinajstić information content (AvgIpc) is 2.29. The largest absolute Gasteiger partial charge is 0.269 e. The van der Waals surface area contributed by atoms with E-state index in [4.69, 9.17) is 5.84 Å². The Morgan fingerprint density at radius 1 is 1.22 bits per heavy atom. The topological polar surface area (TPSA) is 66.6 Å². The lowest BCUT2D eigenvalue weighted by Gasteiger charge is -2.31. The molecule has 0 saturated carbocycles. The maximum Gasteiger partial charge on any atom is 0.218 e. The van der Waals surface area contributed by atoms with Gasteiger partial charge >= 0.3 is 0 Å². The molecular weight excluding hydrogens is 250 g/mol. The Morgan fingerprint density at radius 3 is 2.50 bits per heavy atom. The highest BCUT2D eigenvalue weighted by Gasteiger charge is 2.25. The molecule has 1 aromatic rings. The molecule has 1 heterocycles. The van der Waals surface area contributed by atoms with Crippen molar-refractivity contribution in [2.45, 2.75) is 12.7 Å². The average molecular weight is 269 g/mol. The molecule has 1 saturated heterocycles. The van der Waals surface area contributed by atoms with E-state index < -0.39 is 10.0 Å². The number of rotatable bonds is 3. The number of sulfonamides is 1. The molecule has 1 aromatic carbocycles. The van der Waals surface area contributed by atoms with Crippen molar-refractivity contribution >= 4 is 10.0 Å². The highest BCUT2D eigenvalue weighted by Crippen LogP contribution is 2.13. The van der Waals surface area contributed by atoms with Crippen LogP contribution in [0.1, 0.15) is 11.1 Å². The smallest absolute Gasteiger partial charge is 0.218 e. The lowest BCUT2D eigenvalue weighted by molar-refractivity contribution is 0.192. The summed E-state index contributed by atoms with van der Waals surface area (Å²) in [6, 6.07) is 7.61. The normalized spacial score (nSPS) is 19.0. The van der Waals surface area contributed by atoms with E-state index in [1.807, 2.05) is 31.2 Å². The van der Waals surface area contributed by atoms with Crippen LogP contribution in [0.3, 0.4) is 0 Å². The fourth-order valence-electron chi connectivity index (χ4n) is 2.09. The van der Waals surface area contributed by atoms with Crippen LogP contribution in [0, 0.1) is 6.92 Å². The Balaban J connectivity index is 2.08. The molecule has 1 aliphatic rings. The molecule has 0 bridgehead atoms. The number of piperazine rings is 1. The summed E-state index contributed by atoms with van der Waals surface area (Å²) in [5.74, 6) is 5.69. The fourth-order valence-corrected chi connectivity index (χ4v) is 3.59. The van der Waals surface area contributed by atoms with Gasteiger partial charge < -0.3 is 0 Å². The Bertz CT molecular complexity index is 508. The highest BCUT2D eigenvalue weighted by atomic mass is 32.2. The summed E-state index contributed by atoms with van der Waals surface area (Å²) in [5, 5.41) is 1.65. The fraction of sp³-hybridized carbons (Fsp3) is 0.500. The zero-order chi connectivity index (χ0) is 13.2. The summed E-state index contributed by atoms with van der Waals surface area (Å²) in [5.41, 5.74) is 1.92. The zero-order valence-electron chi connectivity index (χ0n) is 10.5. The van der Waals surface area contributed by atoms with Gasteiger partial charge in [-0.15, -0.1) is 0 Å². The summed E-state index contributed by atoms with van der Waals surface area (Å²) in [6.45, 7) is 4.10. The minimum atomic E-state index is -3.23. The van der Waals surface area contributed by atoms with Gasteiger partial charge in [0.05, 0.1) is 5.75 Å². The molecule has 1 fully saturated rings. The Morgan fingerprint density at radius 2 is 1.89 bits per heavy atom. The first kappa shape index (κ1) is 13.5. The van der Waals surface area contributed by atoms with Gasteiger partial charge in [0.25, 0.3) is 0 Å². The van der Waals surface area contributed by atoms with E-state index in [1.54, 1.807) is 5.01 Å². The predicted molar refractivity (Wildman–Crippen MR) is 71.1 cm³/mol. The van der Waals surface area contributed by atoms with Gasteiger partial charge in [0.15, 0.2) is 0 Å². The summed E-state index contributed by atoms with van der Waals surface area (Å²) >= 11 is 0. The summed E-state index contributed by atoms with van der Waals surface area (Å²) in [7, 11) is -3.23. The zero-order valence-corrected chi connectivity index (χ0v) is 11.4. The Hall–Kier alpha value is -0.950. The molecule has 0 aromatic heterocycles. The maximum absolute atomic E-state index is 12.2. The van der Waals surface area contributed by atoms with Crippen molar-refractivity contribution in [2.75, 3.05) is 26.2 Å². The van der Waals surface area contributed by atoms with Crippen LogP contribution in [0.4, 0.5) is 0 Å². The van der Waals surface area contributed by atoms with Gasteiger partial charge in [0, 0.05) is 26.2 Å². The quantitative estimate of drug-likeness (QED) is 0.802. The van der Waals surface area contributed by atoms with Crippen LogP contribution in [0.2, 0.25) is 0 Å². The van der Waals surface area contributed by atoms with Crippen LogP contribution >= 0.6 is 0 Å². The Labute approximate surface area is 108 Å². The van der Waals surface area contributed by atoms with E-state index in [2.05, 4.69) is 0 Å². The third kappa shape index (κ3) is 3.29. The minimum Gasteiger partial charge on any atom is -0.269 e. The number of hydrogen-bond donors (Lipinski definition) is 1. The molecule has 18 heavy (non-hydrogen) atoms. The monoisotopic (exact) mass is 269 g/mol. The van der Waals surface area contributed by atoms with Gasteiger partial charge in [0.1, 0.15) is 0 Å². The highest BCUT2D eigenvalue weighted by molar-refractivity contribution is 7.88. The molecular formula is C12H19N3O2S. The molecule has 100 valence electrons. The van der Waals surface area contributed by atoms with E-state index in [-0.39, 0.29) is 5.75 Å². The molecule has 2 N–H and O–H groups in total.